The molecule has 0 radical (unpaired) electrons. The number of thioether (sulfide) groups is 2. The number of H-pyrrole nitrogens is 1. The van der Waals surface area contributed by atoms with E-state index < -0.39 is 126 Å². The number of Topliss-reactive ketones (excluding diaryl/α,β-unsaturated/α-hetero) is 2. The molecule has 4 aromatic carbocycles. The lowest BCUT2D eigenvalue weighted by molar-refractivity contribution is -0.146. The van der Waals surface area contributed by atoms with E-state index in [1.165, 1.54) is 64.3 Å². The summed E-state index contributed by atoms with van der Waals surface area (Å²) in [7, 11) is 2.81. The maximum atomic E-state index is 15.1. The number of carboxylic acid groups (broad SMARTS) is 1. The molecule has 0 saturated carbocycles. The molecule has 0 unspecified atom stereocenters. The number of nitrogens with one attached hydrogen (secondary N) is 7. The zero-order valence-corrected chi connectivity index (χ0v) is 55.1. The van der Waals surface area contributed by atoms with Crippen LogP contribution in [-0.2, 0) is 90.0 Å². The molecule has 93 heavy (non-hydrogen) atoms. The number of aromatic amines is 1. The number of hydrogen-bond acceptors (Lipinski definition) is 15. The van der Waals surface area contributed by atoms with E-state index in [1.54, 1.807) is 79.0 Å². The molecule has 2 bridgehead atoms. The molecule has 2 aliphatic rings. The third kappa shape index (κ3) is 20.7. The highest BCUT2D eigenvalue weighted by molar-refractivity contribution is 7.98. The number of ether oxygens (including phenoxy) is 2. The van der Waals surface area contributed by atoms with Crippen LogP contribution >= 0.6 is 23.5 Å². The summed E-state index contributed by atoms with van der Waals surface area (Å²) in [6.07, 6.45) is -0.0890. The van der Waals surface area contributed by atoms with E-state index in [4.69, 9.17) is 15.2 Å². The molecular formula is C68H86FN9O13S2. The topological polar surface area (TPSA) is 327 Å². The largest absolute Gasteiger partial charge is 0.497 e. The number of hydrogen-bond donors (Lipinski definition) is 9. The summed E-state index contributed by atoms with van der Waals surface area (Å²) in [6, 6.07) is 17.7. The number of carboxylic acids is 1. The van der Waals surface area contributed by atoms with Crippen molar-refractivity contribution in [3.05, 3.63) is 136 Å². The Hall–Kier alpha value is -8.13. The lowest BCUT2D eigenvalue weighted by Crippen LogP contribution is -2.61. The minimum Gasteiger partial charge on any atom is -0.497 e. The summed E-state index contributed by atoms with van der Waals surface area (Å²) in [5.74, 6) is -6.43. The number of halogens is 1. The molecule has 7 amide bonds. The van der Waals surface area contributed by atoms with Crippen LogP contribution in [0.15, 0.2) is 97.2 Å². The van der Waals surface area contributed by atoms with Crippen LogP contribution in [0.25, 0.3) is 10.9 Å². The quantitative estimate of drug-likeness (QED) is 0.0700. The molecule has 0 spiro atoms. The van der Waals surface area contributed by atoms with Gasteiger partial charge in [0.25, 0.3) is 0 Å². The van der Waals surface area contributed by atoms with Crippen LogP contribution in [0.2, 0.25) is 0 Å². The van der Waals surface area contributed by atoms with Crippen LogP contribution in [0.1, 0.15) is 112 Å². The van der Waals surface area contributed by atoms with E-state index in [2.05, 4.69) is 43.0 Å². The van der Waals surface area contributed by atoms with Crippen molar-refractivity contribution in [3.63, 3.8) is 0 Å². The van der Waals surface area contributed by atoms with Gasteiger partial charge in [-0.3, -0.25) is 47.9 Å². The van der Waals surface area contributed by atoms with Crippen LogP contribution < -0.4 is 42.4 Å². The van der Waals surface area contributed by atoms with Gasteiger partial charge in [0.05, 0.1) is 24.8 Å². The van der Waals surface area contributed by atoms with Crippen molar-refractivity contribution >= 4 is 93.3 Å². The Bertz CT molecular complexity index is 3480. The van der Waals surface area contributed by atoms with Crippen LogP contribution in [0, 0.1) is 11.7 Å². The van der Waals surface area contributed by atoms with Crippen LogP contribution in [0.4, 0.5) is 4.39 Å². The first kappa shape index (κ1) is 72.3. The second-order valence-corrected chi connectivity index (χ2v) is 26.2. The van der Waals surface area contributed by atoms with Crippen molar-refractivity contribution in [1.82, 2.24) is 41.8 Å². The van der Waals surface area contributed by atoms with E-state index >= 15 is 9.59 Å². The standard InChI is InChI=1S/C68H86FN9O13S2/c1-40-62(84)73-41(2)63(85)75-55(32-44-11-7-12-45(29-44)36-70)65(87)74-54(33-49-37-71-53-22-19-50(69)35-52(49)53)57(79)34-48(18-23-60(82)83)64(86)77-61(42(3)90-5)66(88)76-56(31-43-16-20-51(91-6)21-17-43)67(89)78-26-10-25-68(78,4)58(80)15-9-27-92-38-46-13-8-14-47(30-46)39-93-28-24-59(81)72-40/h7-8,11-14,16-17,19-22,29-30,35,37,40-42,48,54-56,61,71H,9-10,15,18,23-28,31-34,36,38-39,70H2,1-6H3,(H,72,81)(H,73,84)(H,74,87)(H,75,85)(H,76,88)(H,77,86)(H,82,83)/t40-,41+,42+,48+,54-,55-,56-,61-,68-/m0/s1. The first-order valence-corrected chi connectivity index (χ1v) is 33.6. The molecular weight excluding hydrogens is 1230 g/mol. The molecule has 1 aromatic heterocycles. The average Bonchev–Trinajstić information content (AvgIpc) is 1.72. The second-order valence-electron chi connectivity index (χ2n) is 24.0. The summed E-state index contributed by atoms with van der Waals surface area (Å²) in [5.41, 5.74) is 9.67. The first-order chi connectivity index (χ1) is 44.5. The van der Waals surface area contributed by atoms with Crippen molar-refractivity contribution < 1.29 is 66.9 Å². The van der Waals surface area contributed by atoms with Crippen molar-refractivity contribution in [2.24, 2.45) is 11.7 Å². The fourth-order valence-electron chi connectivity index (χ4n) is 11.5. The zero-order chi connectivity index (χ0) is 67.4. The molecule has 2 aliphatic heterocycles. The number of nitrogens with two attached hydrogens (primary N) is 1. The van der Waals surface area contributed by atoms with Gasteiger partial charge >= 0.3 is 5.97 Å². The van der Waals surface area contributed by atoms with E-state index in [0.29, 0.717) is 81.2 Å². The molecule has 3 heterocycles. The van der Waals surface area contributed by atoms with Crippen molar-refractivity contribution in [1.29, 1.82) is 0 Å². The summed E-state index contributed by atoms with van der Waals surface area (Å²) < 4.78 is 25.9. The van der Waals surface area contributed by atoms with Gasteiger partial charge in [0, 0.05) is 105 Å². The van der Waals surface area contributed by atoms with Crippen LogP contribution in [0.5, 0.6) is 5.75 Å². The maximum Gasteiger partial charge on any atom is 0.303 e. The van der Waals surface area contributed by atoms with E-state index in [0.717, 1.165) is 11.1 Å². The highest BCUT2D eigenvalue weighted by Crippen LogP contribution is 2.33. The first-order valence-electron chi connectivity index (χ1n) is 31.3. The lowest BCUT2D eigenvalue weighted by Gasteiger charge is -2.37. The molecule has 1 saturated heterocycles. The summed E-state index contributed by atoms with van der Waals surface area (Å²) in [5, 5.41) is 26.7. The van der Waals surface area contributed by atoms with E-state index in [1.807, 2.05) is 18.2 Å². The third-order valence-electron chi connectivity index (χ3n) is 17.0. The normalized spacial score (nSPS) is 24.1. The van der Waals surface area contributed by atoms with Crippen LogP contribution in [0.3, 0.4) is 0 Å². The Labute approximate surface area is 549 Å². The second kappa shape index (κ2) is 34.7. The number of aliphatic carboxylic acids is 1. The molecule has 500 valence electrons. The fourth-order valence-corrected chi connectivity index (χ4v) is 13.3. The number of amides is 7. The molecule has 1 fully saturated rings. The highest BCUT2D eigenvalue weighted by atomic mass is 32.2. The lowest BCUT2D eigenvalue weighted by atomic mass is 9.89. The smallest absolute Gasteiger partial charge is 0.303 e. The van der Waals surface area contributed by atoms with Gasteiger partial charge < -0.3 is 62.1 Å². The molecule has 0 aliphatic carbocycles. The number of ketones is 2. The Morgan fingerprint density at radius 2 is 1.37 bits per heavy atom. The third-order valence-corrected chi connectivity index (χ3v) is 19.2. The van der Waals surface area contributed by atoms with Gasteiger partial charge in [0.1, 0.15) is 41.8 Å². The van der Waals surface area contributed by atoms with E-state index in [9.17, 15) is 47.9 Å². The van der Waals surface area contributed by atoms with Crippen LogP contribution in [-0.4, -0.2) is 154 Å². The number of methoxy groups -OCH3 is 2. The SMILES string of the molecule is COc1ccc(C[C@@H]2NC(=O)[C@H]([C@@H](C)OC)NC(=O)[C@H](CCC(=O)O)CC(=O)[C@H](Cc3c[nH]c4ccc(F)cc34)NC(=O)[C@H](Cc3cccc(CN)c3)NC(=O)[C@@H](C)NC(=O)[C@H](C)NC(=O)CCSCc3cccc(c3)CSCCCC(=O)[C@]3(C)CCCN3C2=O)cc1. The molecule has 22 nitrogen and oxygen atoms in total. The minimum atomic E-state index is -1.56. The molecule has 5 aromatic rings. The Morgan fingerprint density at radius 3 is 2.06 bits per heavy atom. The van der Waals surface area contributed by atoms with Crippen molar-refractivity contribution in [2.45, 2.75) is 164 Å². The zero-order valence-electron chi connectivity index (χ0n) is 53.4. The number of fused-ring (bicyclic) bond motifs is 4. The van der Waals surface area contributed by atoms with Gasteiger partial charge in [-0.1, -0.05) is 60.7 Å². The van der Waals surface area contributed by atoms with Gasteiger partial charge in [0.15, 0.2) is 11.6 Å². The van der Waals surface area contributed by atoms with Gasteiger partial charge in [-0.15, -0.1) is 0 Å². The Kier molecular flexibility index (Phi) is 27.0. The minimum absolute atomic E-state index is 0.0452. The van der Waals surface area contributed by atoms with Gasteiger partial charge in [-0.05, 0) is 123 Å². The summed E-state index contributed by atoms with van der Waals surface area (Å²) in [4.78, 5) is 147. The van der Waals surface area contributed by atoms with Gasteiger partial charge in [-0.2, -0.15) is 23.5 Å². The number of carbonyl (C=O) groups is 10. The fraction of sp³-hybridized carbons (Fsp3) is 0.471. The van der Waals surface area contributed by atoms with Crippen molar-refractivity contribution in [3.8, 4) is 5.75 Å². The van der Waals surface area contributed by atoms with E-state index in [-0.39, 0.29) is 56.9 Å². The average molecular weight is 1320 g/mol. The number of nitrogens with zero attached hydrogens (tertiary/aromatic N) is 1. The predicted octanol–water partition coefficient (Wildman–Crippen LogP) is 5.53. The summed E-state index contributed by atoms with van der Waals surface area (Å²) >= 11 is 3.23. The number of aromatic nitrogens is 1. The van der Waals surface area contributed by atoms with Gasteiger partial charge in [-0.25, -0.2) is 4.39 Å². The monoisotopic (exact) mass is 1320 g/mol. The molecule has 9 atom stereocenters. The number of carbonyl (C=O) groups excluding carboxylic acids is 9. The molecule has 10 N–H and O–H groups in total. The summed E-state index contributed by atoms with van der Waals surface area (Å²) in [6.45, 7) is 6.49. The number of benzene rings is 4. The molecule has 7 rings (SSSR count). The Morgan fingerprint density at radius 1 is 0.710 bits per heavy atom. The maximum absolute atomic E-state index is 15.1. The predicted molar refractivity (Wildman–Crippen MR) is 353 cm³/mol. The molecule has 25 heteroatoms. The Balaban J connectivity index is 1.23. The van der Waals surface area contributed by atoms with Crippen molar-refractivity contribution in [2.75, 3.05) is 32.3 Å². The highest BCUT2D eigenvalue weighted by Gasteiger charge is 2.47. The van der Waals surface area contributed by atoms with Gasteiger partial charge in [0.2, 0.25) is 41.4 Å². The number of rotatable bonds is 13.